The van der Waals surface area contributed by atoms with Crippen LogP contribution in [0.4, 0.5) is 0 Å². The van der Waals surface area contributed by atoms with Gasteiger partial charge in [0, 0.05) is 44.8 Å². The molecule has 0 spiro atoms. The molecule has 1 unspecified atom stereocenters. The molecule has 1 fully saturated rings. The Morgan fingerprint density at radius 2 is 1.69 bits per heavy atom. The van der Waals surface area contributed by atoms with E-state index in [2.05, 4.69) is 42.8 Å². The zero-order chi connectivity index (χ0) is 12.0. The Labute approximate surface area is 101 Å². The van der Waals surface area contributed by atoms with Gasteiger partial charge in [0.05, 0.1) is 0 Å². The molecule has 0 aromatic heterocycles. The smallest absolute Gasteiger partial charge is 0.0166 e. The molecule has 0 amide bonds. The lowest BCUT2D eigenvalue weighted by molar-refractivity contribution is 0.103. The first-order valence-electron chi connectivity index (χ1n) is 6.83. The molecule has 1 aliphatic rings. The minimum atomic E-state index is 0.630. The second kappa shape index (κ2) is 7.25. The fourth-order valence-corrected chi connectivity index (χ4v) is 2.30. The molecule has 1 atom stereocenters. The first kappa shape index (κ1) is 13.9. The highest BCUT2D eigenvalue weighted by Gasteiger charge is 2.19. The molecule has 0 bridgehead atoms. The minimum Gasteiger partial charge on any atom is -0.313 e. The number of nitrogens with zero attached hydrogens (tertiary/aromatic N) is 2. The topological polar surface area (TPSA) is 18.5 Å². The molecule has 1 saturated heterocycles. The molecule has 16 heavy (non-hydrogen) atoms. The van der Waals surface area contributed by atoms with Crippen LogP contribution in [-0.2, 0) is 0 Å². The lowest BCUT2D eigenvalue weighted by Gasteiger charge is -2.38. The van der Waals surface area contributed by atoms with Crippen LogP contribution in [0.2, 0.25) is 0 Å². The van der Waals surface area contributed by atoms with Gasteiger partial charge in [0.25, 0.3) is 0 Å². The second-order valence-corrected chi connectivity index (χ2v) is 5.29. The third kappa shape index (κ3) is 4.81. The summed E-state index contributed by atoms with van der Waals surface area (Å²) in [6.45, 7) is 16.4. The van der Waals surface area contributed by atoms with Crippen molar-refractivity contribution >= 4 is 0 Å². The molecular weight excluding hydrogens is 198 g/mol. The lowest BCUT2D eigenvalue weighted by Crippen LogP contribution is -2.51. The number of nitrogens with one attached hydrogen (secondary N) is 1. The first-order valence-corrected chi connectivity index (χ1v) is 6.83. The Bertz CT molecular complexity index is 174. The van der Waals surface area contributed by atoms with Crippen molar-refractivity contribution in [1.82, 2.24) is 15.1 Å². The van der Waals surface area contributed by atoms with Crippen LogP contribution in [0.25, 0.3) is 0 Å². The normalized spacial score (nSPS) is 21.6. The Morgan fingerprint density at radius 3 is 2.19 bits per heavy atom. The van der Waals surface area contributed by atoms with E-state index in [0.29, 0.717) is 12.1 Å². The van der Waals surface area contributed by atoms with Crippen LogP contribution in [0.5, 0.6) is 0 Å². The quantitative estimate of drug-likeness (QED) is 0.740. The summed E-state index contributed by atoms with van der Waals surface area (Å²) >= 11 is 0. The van der Waals surface area contributed by atoms with Gasteiger partial charge in [-0.2, -0.15) is 0 Å². The van der Waals surface area contributed by atoms with Crippen molar-refractivity contribution in [3.63, 3.8) is 0 Å². The Hall–Kier alpha value is -0.120. The molecule has 1 rings (SSSR count). The fraction of sp³-hybridized carbons (Fsp3) is 1.00. The Balaban J connectivity index is 2.16. The highest BCUT2D eigenvalue weighted by Crippen LogP contribution is 2.06. The van der Waals surface area contributed by atoms with Crippen molar-refractivity contribution in [2.75, 3.05) is 39.3 Å². The molecule has 0 aromatic rings. The van der Waals surface area contributed by atoms with Crippen molar-refractivity contribution in [1.29, 1.82) is 0 Å². The molecule has 0 aliphatic carbocycles. The highest BCUT2D eigenvalue weighted by atomic mass is 15.3. The van der Waals surface area contributed by atoms with Crippen molar-refractivity contribution in [2.24, 2.45) is 0 Å². The number of rotatable bonds is 6. The summed E-state index contributed by atoms with van der Waals surface area (Å²) in [5.74, 6) is 0. The average Bonchev–Trinajstić information content (AvgIpc) is 2.27. The van der Waals surface area contributed by atoms with Gasteiger partial charge in [-0.1, -0.05) is 6.92 Å². The number of piperazine rings is 1. The predicted molar refractivity (Wildman–Crippen MR) is 70.9 cm³/mol. The van der Waals surface area contributed by atoms with E-state index in [4.69, 9.17) is 0 Å². The van der Waals surface area contributed by atoms with Gasteiger partial charge in [0.15, 0.2) is 0 Å². The van der Waals surface area contributed by atoms with E-state index in [1.807, 2.05) is 0 Å². The molecule has 3 heteroatoms. The Kier molecular flexibility index (Phi) is 6.32. The van der Waals surface area contributed by atoms with Gasteiger partial charge >= 0.3 is 0 Å². The molecule has 96 valence electrons. The standard InChI is InChI=1S/C13H29N3/c1-5-6-14-13(4)11-15-7-9-16(10-8-15)12(2)3/h12-14H,5-11H2,1-4H3. The fourth-order valence-electron chi connectivity index (χ4n) is 2.30. The lowest BCUT2D eigenvalue weighted by atomic mass is 10.2. The monoisotopic (exact) mass is 227 g/mol. The molecule has 1 aliphatic heterocycles. The maximum Gasteiger partial charge on any atom is 0.0166 e. The van der Waals surface area contributed by atoms with Crippen LogP contribution < -0.4 is 5.32 Å². The van der Waals surface area contributed by atoms with Crippen LogP contribution in [0, 0.1) is 0 Å². The van der Waals surface area contributed by atoms with Gasteiger partial charge in [-0.05, 0) is 33.7 Å². The summed E-state index contributed by atoms with van der Waals surface area (Å²) in [6, 6.07) is 1.34. The van der Waals surface area contributed by atoms with Gasteiger partial charge in [0.1, 0.15) is 0 Å². The summed E-state index contributed by atoms with van der Waals surface area (Å²) in [5, 5.41) is 3.56. The zero-order valence-corrected chi connectivity index (χ0v) is 11.5. The minimum absolute atomic E-state index is 0.630. The van der Waals surface area contributed by atoms with Gasteiger partial charge in [-0.25, -0.2) is 0 Å². The SMILES string of the molecule is CCCNC(C)CN1CCN(C(C)C)CC1. The van der Waals surface area contributed by atoms with Crippen LogP contribution >= 0.6 is 0 Å². The summed E-state index contributed by atoms with van der Waals surface area (Å²) in [6.07, 6.45) is 1.23. The van der Waals surface area contributed by atoms with Gasteiger partial charge < -0.3 is 5.32 Å². The largest absolute Gasteiger partial charge is 0.313 e. The van der Waals surface area contributed by atoms with Gasteiger partial charge in [0.2, 0.25) is 0 Å². The molecule has 0 aromatic carbocycles. The van der Waals surface area contributed by atoms with Crippen LogP contribution in [0.3, 0.4) is 0 Å². The van der Waals surface area contributed by atoms with E-state index < -0.39 is 0 Å². The second-order valence-electron chi connectivity index (χ2n) is 5.29. The molecular formula is C13H29N3. The van der Waals surface area contributed by atoms with E-state index in [0.717, 1.165) is 6.54 Å². The highest BCUT2D eigenvalue weighted by molar-refractivity contribution is 4.76. The maximum atomic E-state index is 3.56. The van der Waals surface area contributed by atoms with Crippen molar-refractivity contribution in [3.8, 4) is 0 Å². The average molecular weight is 227 g/mol. The van der Waals surface area contributed by atoms with Gasteiger partial charge in [-0.15, -0.1) is 0 Å². The van der Waals surface area contributed by atoms with E-state index in [1.54, 1.807) is 0 Å². The number of hydrogen-bond acceptors (Lipinski definition) is 3. The number of hydrogen-bond donors (Lipinski definition) is 1. The summed E-state index contributed by atoms with van der Waals surface area (Å²) in [4.78, 5) is 5.16. The van der Waals surface area contributed by atoms with E-state index in [-0.39, 0.29) is 0 Å². The van der Waals surface area contributed by atoms with Gasteiger partial charge in [-0.3, -0.25) is 9.80 Å². The zero-order valence-electron chi connectivity index (χ0n) is 11.5. The molecule has 3 nitrogen and oxygen atoms in total. The molecule has 0 saturated carbocycles. The third-order valence-corrected chi connectivity index (χ3v) is 3.41. The Morgan fingerprint density at radius 1 is 1.06 bits per heavy atom. The van der Waals surface area contributed by atoms with E-state index >= 15 is 0 Å². The van der Waals surface area contributed by atoms with Crippen LogP contribution in [0.15, 0.2) is 0 Å². The van der Waals surface area contributed by atoms with Crippen molar-refractivity contribution in [2.45, 2.75) is 46.2 Å². The van der Waals surface area contributed by atoms with E-state index in [1.165, 1.54) is 39.1 Å². The first-order chi connectivity index (χ1) is 7.63. The van der Waals surface area contributed by atoms with Crippen molar-refractivity contribution in [3.05, 3.63) is 0 Å². The summed E-state index contributed by atoms with van der Waals surface area (Å²) in [7, 11) is 0. The molecule has 0 radical (unpaired) electrons. The summed E-state index contributed by atoms with van der Waals surface area (Å²) < 4.78 is 0. The van der Waals surface area contributed by atoms with Crippen LogP contribution in [-0.4, -0.2) is 61.2 Å². The van der Waals surface area contributed by atoms with Crippen LogP contribution in [0.1, 0.15) is 34.1 Å². The maximum absolute atomic E-state index is 3.56. The van der Waals surface area contributed by atoms with E-state index in [9.17, 15) is 0 Å². The predicted octanol–water partition coefficient (Wildman–Crippen LogP) is 1.40. The van der Waals surface area contributed by atoms with Crippen molar-refractivity contribution < 1.29 is 0 Å². The molecule has 1 N–H and O–H groups in total. The third-order valence-electron chi connectivity index (χ3n) is 3.41. The molecule has 1 heterocycles. The summed E-state index contributed by atoms with van der Waals surface area (Å²) in [5.41, 5.74) is 0.